The summed E-state index contributed by atoms with van der Waals surface area (Å²) in [6, 6.07) is 0. The van der Waals surface area contributed by atoms with E-state index in [2.05, 4.69) is 6.08 Å². The molecule has 0 aromatic heterocycles. The number of rotatable bonds is 1. The summed E-state index contributed by atoms with van der Waals surface area (Å²) in [5.74, 6) is -0.150. The van der Waals surface area contributed by atoms with Gasteiger partial charge in [-0.1, -0.05) is 19.1 Å². The monoisotopic (exact) mass is 152 g/mol. The van der Waals surface area contributed by atoms with Crippen molar-refractivity contribution in [2.75, 3.05) is 0 Å². The van der Waals surface area contributed by atoms with Gasteiger partial charge in [-0.05, 0) is 12.2 Å². The Hall–Kier alpha value is -1.12. The van der Waals surface area contributed by atoms with E-state index in [1.165, 1.54) is 0 Å². The van der Waals surface area contributed by atoms with Gasteiger partial charge in [0.05, 0.1) is 5.92 Å². The third kappa shape index (κ3) is 1.18. The van der Waals surface area contributed by atoms with Crippen LogP contribution in [0.1, 0.15) is 13.8 Å². The molecular formula is C8H10NO2. The summed E-state index contributed by atoms with van der Waals surface area (Å²) >= 11 is 0. The second-order valence-electron chi connectivity index (χ2n) is 2.90. The Bertz CT molecular complexity index is 232. The molecule has 0 aromatic carbocycles. The van der Waals surface area contributed by atoms with Crippen molar-refractivity contribution in [1.29, 1.82) is 0 Å². The van der Waals surface area contributed by atoms with Gasteiger partial charge in [0.25, 0.3) is 0 Å². The van der Waals surface area contributed by atoms with Crippen LogP contribution >= 0.6 is 0 Å². The molecule has 1 aliphatic rings. The molecule has 0 saturated heterocycles. The minimum absolute atomic E-state index is 0.150. The second-order valence-corrected chi connectivity index (χ2v) is 2.90. The maximum atomic E-state index is 10.6. The molecule has 0 saturated carbocycles. The van der Waals surface area contributed by atoms with Crippen molar-refractivity contribution in [2.24, 2.45) is 5.92 Å². The highest BCUT2D eigenvalue weighted by atomic mass is 16.6. The number of nitrogens with zero attached hydrogens (tertiary/aromatic N) is 1. The zero-order valence-electron chi connectivity index (χ0n) is 6.57. The predicted octanol–water partition coefficient (Wildman–Crippen LogP) is 1.59. The van der Waals surface area contributed by atoms with Crippen molar-refractivity contribution < 1.29 is 4.92 Å². The fraction of sp³-hybridized carbons (Fsp3) is 0.500. The molecule has 2 unspecified atom stereocenters. The molecule has 1 aliphatic carbocycles. The molecule has 0 amide bonds. The smallest absolute Gasteiger partial charge is 0.244 e. The van der Waals surface area contributed by atoms with E-state index in [0.717, 1.165) is 0 Å². The Labute approximate surface area is 65.6 Å². The second kappa shape index (κ2) is 2.49. The predicted molar refractivity (Wildman–Crippen MR) is 41.5 cm³/mol. The van der Waals surface area contributed by atoms with Crippen LogP contribution in [0, 0.1) is 22.1 Å². The van der Waals surface area contributed by atoms with Crippen LogP contribution in [-0.2, 0) is 0 Å². The molecule has 3 heteroatoms. The first-order valence-corrected chi connectivity index (χ1v) is 3.49. The lowest BCUT2D eigenvalue weighted by atomic mass is 9.84. The van der Waals surface area contributed by atoms with E-state index >= 15 is 0 Å². The SMILES string of the molecule is CC1[C]=CC=CC1(C)[N+](=O)[O-]. The maximum absolute atomic E-state index is 10.6. The lowest BCUT2D eigenvalue weighted by molar-refractivity contribution is -0.558. The summed E-state index contributed by atoms with van der Waals surface area (Å²) in [4.78, 5) is 10.3. The first-order chi connectivity index (χ1) is 5.07. The van der Waals surface area contributed by atoms with Crippen LogP contribution in [-0.4, -0.2) is 10.5 Å². The van der Waals surface area contributed by atoms with Crippen LogP contribution in [0.2, 0.25) is 0 Å². The highest BCUT2D eigenvalue weighted by molar-refractivity contribution is 5.16. The topological polar surface area (TPSA) is 43.1 Å². The van der Waals surface area contributed by atoms with Gasteiger partial charge in [0.1, 0.15) is 0 Å². The quantitative estimate of drug-likeness (QED) is 0.423. The van der Waals surface area contributed by atoms with E-state index in [9.17, 15) is 10.1 Å². The van der Waals surface area contributed by atoms with Gasteiger partial charge in [-0.2, -0.15) is 0 Å². The molecule has 0 spiro atoms. The third-order valence-corrected chi connectivity index (χ3v) is 2.15. The van der Waals surface area contributed by atoms with Gasteiger partial charge in [0.15, 0.2) is 0 Å². The van der Waals surface area contributed by atoms with E-state index in [1.807, 2.05) is 0 Å². The Balaban J connectivity index is 2.94. The average Bonchev–Trinajstić information content (AvgIpc) is 1.95. The van der Waals surface area contributed by atoms with Crippen LogP contribution in [0.15, 0.2) is 18.2 Å². The summed E-state index contributed by atoms with van der Waals surface area (Å²) in [6.07, 6.45) is 7.89. The molecule has 1 rings (SSSR count). The van der Waals surface area contributed by atoms with Gasteiger partial charge in [-0.15, -0.1) is 0 Å². The van der Waals surface area contributed by atoms with E-state index in [1.54, 1.807) is 32.1 Å². The van der Waals surface area contributed by atoms with E-state index in [-0.39, 0.29) is 10.8 Å². The normalized spacial score (nSPS) is 35.6. The maximum Gasteiger partial charge on any atom is 0.244 e. The van der Waals surface area contributed by atoms with Gasteiger partial charge in [-0.25, -0.2) is 0 Å². The van der Waals surface area contributed by atoms with E-state index in [0.29, 0.717) is 0 Å². The molecule has 59 valence electrons. The molecular weight excluding hydrogens is 142 g/mol. The summed E-state index contributed by atoms with van der Waals surface area (Å²) < 4.78 is 0. The summed E-state index contributed by atoms with van der Waals surface area (Å²) in [5.41, 5.74) is -0.964. The number of allylic oxidation sites excluding steroid dienone is 2. The number of hydrogen-bond acceptors (Lipinski definition) is 2. The zero-order chi connectivity index (χ0) is 8.48. The fourth-order valence-corrected chi connectivity index (χ4v) is 0.975. The minimum atomic E-state index is -0.964. The van der Waals surface area contributed by atoms with E-state index in [4.69, 9.17) is 0 Å². The molecule has 0 fully saturated rings. The van der Waals surface area contributed by atoms with Crippen molar-refractivity contribution in [1.82, 2.24) is 0 Å². The first-order valence-electron chi connectivity index (χ1n) is 3.49. The molecule has 2 atom stereocenters. The molecule has 0 N–H and O–H groups in total. The van der Waals surface area contributed by atoms with E-state index < -0.39 is 5.54 Å². The largest absolute Gasteiger partial charge is 0.264 e. The van der Waals surface area contributed by atoms with Crippen molar-refractivity contribution in [3.05, 3.63) is 34.4 Å². The van der Waals surface area contributed by atoms with Gasteiger partial charge < -0.3 is 0 Å². The molecule has 11 heavy (non-hydrogen) atoms. The number of nitro groups is 1. The zero-order valence-corrected chi connectivity index (χ0v) is 6.57. The fourth-order valence-electron chi connectivity index (χ4n) is 0.975. The highest BCUT2D eigenvalue weighted by Gasteiger charge is 2.40. The molecule has 0 bridgehead atoms. The van der Waals surface area contributed by atoms with Gasteiger partial charge in [-0.3, -0.25) is 10.1 Å². The van der Waals surface area contributed by atoms with Crippen molar-refractivity contribution >= 4 is 0 Å². The minimum Gasteiger partial charge on any atom is -0.264 e. The third-order valence-electron chi connectivity index (χ3n) is 2.15. The molecule has 0 aliphatic heterocycles. The number of hydrogen-bond donors (Lipinski definition) is 0. The van der Waals surface area contributed by atoms with Crippen LogP contribution in [0.5, 0.6) is 0 Å². The summed E-state index contributed by atoms with van der Waals surface area (Å²) in [6.45, 7) is 3.40. The van der Waals surface area contributed by atoms with Gasteiger partial charge in [0.2, 0.25) is 5.54 Å². The Kier molecular flexibility index (Phi) is 1.81. The Morgan fingerprint density at radius 3 is 2.73 bits per heavy atom. The Morgan fingerprint density at radius 1 is 1.73 bits per heavy atom. The van der Waals surface area contributed by atoms with Crippen molar-refractivity contribution in [2.45, 2.75) is 19.4 Å². The standard InChI is InChI=1S/C8H10NO2/c1-7-5-3-4-6-8(7,2)9(10)11/h3-4,6-7H,1-2H3. The summed E-state index contributed by atoms with van der Waals surface area (Å²) in [7, 11) is 0. The van der Waals surface area contributed by atoms with Crippen LogP contribution in [0.25, 0.3) is 0 Å². The van der Waals surface area contributed by atoms with Crippen LogP contribution < -0.4 is 0 Å². The van der Waals surface area contributed by atoms with Crippen LogP contribution in [0.3, 0.4) is 0 Å². The molecule has 0 heterocycles. The van der Waals surface area contributed by atoms with Crippen molar-refractivity contribution in [3.8, 4) is 0 Å². The molecule has 3 nitrogen and oxygen atoms in total. The molecule has 1 radical (unpaired) electrons. The molecule has 0 aromatic rings. The lowest BCUT2D eigenvalue weighted by Crippen LogP contribution is -2.39. The lowest BCUT2D eigenvalue weighted by Gasteiger charge is -2.23. The van der Waals surface area contributed by atoms with Gasteiger partial charge >= 0.3 is 0 Å². The summed E-state index contributed by atoms with van der Waals surface area (Å²) in [5, 5.41) is 10.6. The highest BCUT2D eigenvalue weighted by Crippen LogP contribution is 2.25. The van der Waals surface area contributed by atoms with Gasteiger partial charge in [0, 0.05) is 11.8 Å². The average molecular weight is 152 g/mol. The Morgan fingerprint density at radius 2 is 2.36 bits per heavy atom. The van der Waals surface area contributed by atoms with Crippen molar-refractivity contribution in [3.63, 3.8) is 0 Å². The van der Waals surface area contributed by atoms with Crippen LogP contribution in [0.4, 0.5) is 0 Å². The first kappa shape index (κ1) is 7.98.